The first-order valence-corrected chi connectivity index (χ1v) is 41.2. The van der Waals surface area contributed by atoms with Crippen LogP contribution in [0, 0.1) is 34.6 Å². The summed E-state index contributed by atoms with van der Waals surface area (Å²) < 4.78 is 14.1. The van der Waals surface area contributed by atoms with Gasteiger partial charge in [-0.3, -0.25) is 51.1 Å². The SMILES string of the molecule is CC(C)N1CCC(c2ccc3nc(-c4ccc5nn(C)cc5c4)cc(=O)n3c2)CC1.Cc1cn2cc(-c3cc(=O)n4cc(C5CCNCC5)ccc4n3)cc(C)c2n1.Cc1cn2nc(-c3cc(=O)n4cc(N5CCC(NCCO)CC5)cc(C)c4n3)cc2c(C)n1.Cn1cc2cc(-c3cc(=O)n4cc(C5CCNCC5)ccc4n3)ccc2n1. The average molecular weight is 1580 g/mol. The van der Waals surface area contributed by atoms with Gasteiger partial charge in [0.1, 0.15) is 33.9 Å². The molecule has 0 aliphatic carbocycles. The molecule has 0 amide bonds. The molecule has 4 N–H and O–H groups in total. The van der Waals surface area contributed by atoms with Crippen molar-refractivity contribution in [2.24, 2.45) is 14.1 Å². The van der Waals surface area contributed by atoms with Gasteiger partial charge in [0.05, 0.1) is 74.9 Å². The Bertz CT molecular complexity index is 6710. The second kappa shape index (κ2) is 33.4. The molecular formula is C91H100N22O5. The lowest BCUT2D eigenvalue weighted by molar-refractivity contribution is 0.172. The van der Waals surface area contributed by atoms with Crippen molar-refractivity contribution in [3.05, 3.63) is 257 Å². The summed E-state index contributed by atoms with van der Waals surface area (Å²) in [6.45, 7) is 23.4. The van der Waals surface area contributed by atoms with E-state index in [-0.39, 0.29) is 28.8 Å². The van der Waals surface area contributed by atoms with E-state index in [1.807, 2.05) is 176 Å². The molecule has 0 bridgehead atoms. The number of rotatable bonds is 12. The van der Waals surface area contributed by atoms with E-state index < -0.39 is 0 Å². The zero-order valence-electron chi connectivity index (χ0n) is 68.4. The minimum atomic E-state index is -0.123. The van der Waals surface area contributed by atoms with Gasteiger partial charge in [0.2, 0.25) is 0 Å². The van der Waals surface area contributed by atoms with Crippen LogP contribution in [-0.2, 0) is 14.1 Å². The van der Waals surface area contributed by atoms with Gasteiger partial charge in [0, 0.05) is 147 Å². The van der Waals surface area contributed by atoms with Crippen molar-refractivity contribution < 1.29 is 5.11 Å². The zero-order chi connectivity index (χ0) is 81.6. The molecule has 27 heteroatoms. The maximum atomic E-state index is 13.1. The number of aromatic nitrogens is 17. The minimum Gasteiger partial charge on any atom is -0.395 e. The van der Waals surface area contributed by atoms with E-state index in [4.69, 9.17) is 25.0 Å². The Morgan fingerprint density at radius 1 is 0.441 bits per heavy atom. The molecular weight excluding hydrogens is 1480 g/mol. The van der Waals surface area contributed by atoms with E-state index in [1.54, 1.807) is 55.7 Å². The molecule has 4 aliphatic rings. The number of benzene rings is 2. The van der Waals surface area contributed by atoms with Gasteiger partial charge in [-0.25, -0.2) is 29.4 Å². The van der Waals surface area contributed by atoms with Crippen molar-refractivity contribution in [1.82, 2.24) is 102 Å². The summed E-state index contributed by atoms with van der Waals surface area (Å²) in [5.41, 5.74) is 21.7. The summed E-state index contributed by atoms with van der Waals surface area (Å²) in [7, 11) is 3.81. The smallest absolute Gasteiger partial charge is 0.258 e. The fourth-order valence-corrected chi connectivity index (χ4v) is 17.4. The number of pyridine rings is 5. The number of aryl methyl sites for hydroxylation is 7. The van der Waals surface area contributed by atoms with Gasteiger partial charge in [-0.2, -0.15) is 15.3 Å². The molecule has 118 heavy (non-hydrogen) atoms. The van der Waals surface area contributed by atoms with Crippen LogP contribution in [0.3, 0.4) is 0 Å². The number of anilines is 1. The highest BCUT2D eigenvalue weighted by Gasteiger charge is 2.26. The standard InChI is InChI=1S/C24H29N7O2.C24H27N5O.C22H23N5O.C21H21N5O/c1-15-10-19(29-7-4-18(5-8-29)25-6-9-32)14-30-23(33)12-20(27-24(15)30)21-11-22-17(3)26-16(2)13-31(22)28-21;1-16(2)28-10-8-17(9-11-28)19-5-7-23-25-22(13-24(30)29(23)15-19)18-4-6-21-20(12-18)14-27(3)26-21;1-14-9-18(12-26-11-15(2)24-22(14)26)19-10-21(28)27-13-17(3-4-20(27)25-19)16-5-7-23-8-6-16;1-25-12-17-10-15(2-4-18(17)24-25)19-11-21(27)26-13-16(3-5-20(26)23-19)14-6-8-22-9-7-14/h10-14,18,25,32H,4-9H2,1-3H3;4-7,12-17H,8-11H2,1-3H3;3-4,9-13,16,23H,5-8H2,1-2H3;2-5,10-14,22H,6-9H2,1H3. The number of likely N-dealkylation sites (tertiary alicyclic amines) is 1. The van der Waals surface area contributed by atoms with Crippen LogP contribution >= 0.6 is 0 Å². The first-order chi connectivity index (χ1) is 57.1. The number of hydrogen-bond donors (Lipinski definition) is 4. The molecule has 20 rings (SSSR count). The predicted octanol–water partition coefficient (Wildman–Crippen LogP) is 11.5. The molecule has 604 valence electrons. The number of piperidine rings is 4. The molecule has 0 radical (unpaired) electrons. The molecule has 0 spiro atoms. The van der Waals surface area contributed by atoms with Crippen LogP contribution in [0.1, 0.15) is 128 Å². The van der Waals surface area contributed by atoms with E-state index in [0.29, 0.717) is 87.4 Å². The summed E-state index contributed by atoms with van der Waals surface area (Å²) in [5.74, 6) is 1.52. The van der Waals surface area contributed by atoms with Crippen LogP contribution in [0.5, 0.6) is 0 Å². The van der Waals surface area contributed by atoms with Crippen LogP contribution in [0.2, 0.25) is 0 Å². The maximum absolute atomic E-state index is 13.1. The van der Waals surface area contributed by atoms with E-state index in [9.17, 15) is 19.2 Å². The van der Waals surface area contributed by atoms with Gasteiger partial charge in [0.25, 0.3) is 22.2 Å². The third-order valence-electron chi connectivity index (χ3n) is 23.7. The highest BCUT2D eigenvalue weighted by atomic mass is 16.3. The lowest BCUT2D eigenvalue weighted by Gasteiger charge is -2.34. The van der Waals surface area contributed by atoms with Crippen molar-refractivity contribution in [2.75, 3.05) is 70.4 Å². The molecule has 2 aromatic carbocycles. The molecule has 0 saturated carbocycles. The van der Waals surface area contributed by atoms with E-state index >= 15 is 0 Å². The average Bonchev–Trinajstić information content (AvgIpc) is 1.43. The largest absolute Gasteiger partial charge is 0.395 e. The molecule has 18 heterocycles. The number of nitrogens with one attached hydrogen (secondary N) is 3. The number of fused-ring (bicyclic) bond motifs is 8. The second-order valence-electron chi connectivity index (χ2n) is 32.5. The summed E-state index contributed by atoms with van der Waals surface area (Å²) in [5, 5.41) is 34.7. The molecule has 4 aliphatic heterocycles. The third-order valence-corrected chi connectivity index (χ3v) is 23.7. The Balaban J connectivity index is 0.000000113. The number of aliphatic hydroxyl groups is 1. The lowest BCUT2D eigenvalue weighted by Crippen LogP contribution is -2.43. The van der Waals surface area contributed by atoms with Crippen LogP contribution in [-0.4, -0.2) is 169 Å². The van der Waals surface area contributed by atoms with Gasteiger partial charge >= 0.3 is 0 Å². The highest BCUT2D eigenvalue weighted by Crippen LogP contribution is 2.33. The number of hydrogen-bond acceptors (Lipinski definition) is 19. The number of nitrogens with zero attached hydrogens (tertiary/aromatic N) is 19. The summed E-state index contributed by atoms with van der Waals surface area (Å²) in [6, 6.07) is 37.8. The topological polar surface area (TPSA) is 283 Å². The van der Waals surface area contributed by atoms with Crippen molar-refractivity contribution in [3.63, 3.8) is 0 Å². The molecule has 4 fully saturated rings. The first-order valence-electron chi connectivity index (χ1n) is 41.2. The molecule has 0 atom stereocenters. The van der Waals surface area contributed by atoms with Crippen molar-refractivity contribution in [3.8, 4) is 45.2 Å². The number of imidazole rings is 1. The van der Waals surface area contributed by atoms with Crippen LogP contribution in [0.4, 0.5) is 5.69 Å². The predicted molar refractivity (Wildman–Crippen MR) is 464 cm³/mol. The summed E-state index contributed by atoms with van der Waals surface area (Å²) >= 11 is 0. The maximum Gasteiger partial charge on any atom is 0.258 e. The van der Waals surface area contributed by atoms with Gasteiger partial charge in [0.15, 0.2) is 0 Å². The Morgan fingerprint density at radius 3 is 1.46 bits per heavy atom. The van der Waals surface area contributed by atoms with Gasteiger partial charge < -0.3 is 35.3 Å². The normalized spacial score (nSPS) is 15.6. The summed E-state index contributed by atoms with van der Waals surface area (Å²) in [6.07, 6.45) is 26.3. The summed E-state index contributed by atoms with van der Waals surface area (Å²) in [4.78, 5) is 84.6. The van der Waals surface area contributed by atoms with Gasteiger partial charge in [-0.15, -0.1) is 0 Å². The first kappa shape index (κ1) is 78.3. The quantitative estimate of drug-likeness (QED) is 0.0884. The van der Waals surface area contributed by atoms with Crippen molar-refractivity contribution in [1.29, 1.82) is 0 Å². The Labute approximate surface area is 681 Å². The van der Waals surface area contributed by atoms with Crippen LogP contribution in [0.15, 0.2) is 190 Å². The fourth-order valence-electron chi connectivity index (χ4n) is 17.4. The highest BCUT2D eigenvalue weighted by molar-refractivity contribution is 5.85. The van der Waals surface area contributed by atoms with Crippen molar-refractivity contribution >= 4 is 61.2 Å². The zero-order valence-corrected chi connectivity index (χ0v) is 68.4. The minimum absolute atomic E-state index is 0.0391. The van der Waals surface area contributed by atoms with E-state index in [2.05, 4.69) is 89.1 Å². The Kier molecular flexibility index (Phi) is 22.1. The second-order valence-corrected chi connectivity index (χ2v) is 32.5. The molecule has 4 saturated heterocycles. The Morgan fingerprint density at radius 2 is 0.932 bits per heavy atom. The number of aliphatic hydroxyl groups excluding tert-OH is 1. The van der Waals surface area contributed by atoms with Gasteiger partial charge in [-0.05, 0) is 245 Å². The van der Waals surface area contributed by atoms with Crippen LogP contribution < -0.4 is 43.1 Å². The lowest BCUT2D eigenvalue weighted by atomic mass is 9.90. The monoisotopic (exact) mass is 1580 g/mol. The third kappa shape index (κ3) is 16.6. The molecule has 0 unspecified atom stereocenters. The molecule has 14 aromatic heterocycles. The van der Waals surface area contributed by atoms with E-state index in [0.717, 1.165) is 187 Å². The van der Waals surface area contributed by atoms with Crippen molar-refractivity contribution in [2.45, 2.75) is 130 Å². The fraction of sp³-hybridized carbons (Fsp3) is 0.352. The molecule has 27 nitrogen and oxygen atoms in total. The van der Waals surface area contributed by atoms with E-state index in [1.165, 1.54) is 16.7 Å². The molecule has 16 aromatic rings. The van der Waals surface area contributed by atoms with Crippen LogP contribution in [0.25, 0.3) is 101 Å². The van der Waals surface area contributed by atoms with Gasteiger partial charge in [-0.1, -0.05) is 30.3 Å². The Hall–Kier alpha value is -12.3.